The molecular weight excluding hydrogens is 418 g/mol. The molecule has 4 aromatic rings. The van der Waals surface area contributed by atoms with E-state index in [-0.39, 0.29) is 0 Å². The molecule has 0 amide bonds. The predicted molar refractivity (Wildman–Crippen MR) is 128 cm³/mol. The molecule has 0 aliphatic carbocycles. The molecule has 2 fully saturated rings. The van der Waals surface area contributed by atoms with Gasteiger partial charge >= 0.3 is 0 Å². The van der Waals surface area contributed by atoms with Gasteiger partial charge in [0.05, 0.1) is 31.2 Å². The lowest BCUT2D eigenvalue weighted by atomic mass is 9.88. The Morgan fingerprint density at radius 1 is 1.18 bits per heavy atom. The van der Waals surface area contributed by atoms with Crippen LogP contribution in [0.1, 0.15) is 19.8 Å². The normalized spacial score (nSPS) is 18.6. The van der Waals surface area contributed by atoms with Gasteiger partial charge in [0.2, 0.25) is 5.95 Å². The Labute approximate surface area is 191 Å². The number of furan rings is 1. The van der Waals surface area contributed by atoms with E-state index in [2.05, 4.69) is 37.6 Å². The fourth-order valence-corrected chi connectivity index (χ4v) is 4.74. The smallest absolute Gasteiger partial charge is 0.229 e. The maximum Gasteiger partial charge on any atom is 0.229 e. The highest BCUT2D eigenvalue weighted by atomic mass is 16.5. The van der Waals surface area contributed by atoms with Gasteiger partial charge in [-0.1, -0.05) is 6.92 Å². The zero-order chi connectivity index (χ0) is 22.3. The number of rotatable bonds is 7. The number of benzene rings is 1. The van der Waals surface area contributed by atoms with E-state index >= 15 is 0 Å². The zero-order valence-corrected chi connectivity index (χ0v) is 18.8. The van der Waals surface area contributed by atoms with Gasteiger partial charge in [0.1, 0.15) is 5.52 Å². The summed E-state index contributed by atoms with van der Waals surface area (Å²) in [5, 5.41) is 15.2. The highest BCUT2D eigenvalue weighted by molar-refractivity contribution is 5.86. The molecule has 0 atom stereocenters. The van der Waals surface area contributed by atoms with Gasteiger partial charge < -0.3 is 24.7 Å². The quantitative estimate of drug-likeness (QED) is 0.394. The fourth-order valence-electron chi connectivity index (χ4n) is 4.74. The number of H-pyrrole nitrogens is 1. The number of fused-ring (bicyclic) bond motifs is 2. The van der Waals surface area contributed by atoms with Crippen LogP contribution in [0.25, 0.3) is 22.0 Å². The highest BCUT2D eigenvalue weighted by Gasteiger charge is 2.33. The molecule has 0 radical (unpaired) electrons. The van der Waals surface area contributed by atoms with Crippen molar-refractivity contribution in [3.05, 3.63) is 36.7 Å². The fraction of sp³-hybridized carbons (Fsp3) is 0.458. The van der Waals surface area contributed by atoms with Crippen molar-refractivity contribution in [3.63, 3.8) is 0 Å². The van der Waals surface area contributed by atoms with E-state index in [0.717, 1.165) is 85.7 Å². The molecule has 2 aliphatic rings. The Morgan fingerprint density at radius 2 is 2.06 bits per heavy atom. The van der Waals surface area contributed by atoms with Crippen LogP contribution in [0.15, 0.2) is 41.1 Å². The van der Waals surface area contributed by atoms with E-state index in [1.807, 2.05) is 30.5 Å². The van der Waals surface area contributed by atoms with Gasteiger partial charge in [-0.05, 0) is 43.5 Å². The minimum Gasteiger partial charge on any atom is -0.459 e. The van der Waals surface area contributed by atoms with Crippen LogP contribution in [0.3, 0.4) is 0 Å². The van der Waals surface area contributed by atoms with E-state index in [1.54, 1.807) is 6.26 Å². The van der Waals surface area contributed by atoms with Crippen molar-refractivity contribution in [3.8, 4) is 0 Å². The number of aromatic nitrogens is 4. The molecule has 2 aliphatic heterocycles. The molecule has 9 nitrogen and oxygen atoms in total. The average Bonchev–Trinajstić information content (AvgIpc) is 3.47. The van der Waals surface area contributed by atoms with Crippen LogP contribution in [0.5, 0.6) is 0 Å². The van der Waals surface area contributed by atoms with Crippen LogP contribution in [-0.4, -0.2) is 59.6 Å². The standard InChI is InChI=1S/C24H29N7O2/c1-24(14-32-15-24)13-25-11-16-4-7-31(8-5-16)22-21-19(6-9-33-21)28-23(29-22)27-18-3-2-17-12-26-30-20(17)10-18/h2-3,6,9-10,12,16,25H,4-5,7-8,11,13-15H2,1H3,(H,26,30)(H,27,28,29). The maximum atomic E-state index is 5.77. The molecule has 6 rings (SSSR count). The van der Waals surface area contributed by atoms with E-state index < -0.39 is 0 Å². The first kappa shape index (κ1) is 20.4. The van der Waals surface area contributed by atoms with Gasteiger partial charge in [0.15, 0.2) is 11.4 Å². The van der Waals surface area contributed by atoms with E-state index in [9.17, 15) is 0 Å². The summed E-state index contributed by atoms with van der Waals surface area (Å²) in [6.45, 7) is 8.04. The van der Waals surface area contributed by atoms with Crippen molar-refractivity contribution in [1.29, 1.82) is 0 Å². The van der Waals surface area contributed by atoms with Crippen LogP contribution in [0.2, 0.25) is 0 Å². The minimum atomic E-state index is 0.317. The number of nitrogens with zero attached hydrogens (tertiary/aromatic N) is 4. The second-order valence-electron chi connectivity index (χ2n) is 9.67. The first-order valence-electron chi connectivity index (χ1n) is 11.6. The van der Waals surface area contributed by atoms with Crippen molar-refractivity contribution in [2.45, 2.75) is 19.8 Å². The monoisotopic (exact) mass is 447 g/mol. The third-order valence-electron chi connectivity index (χ3n) is 6.78. The number of anilines is 3. The van der Waals surface area contributed by atoms with Crippen LogP contribution < -0.4 is 15.5 Å². The summed E-state index contributed by atoms with van der Waals surface area (Å²) in [5.74, 6) is 2.11. The highest BCUT2D eigenvalue weighted by Crippen LogP contribution is 2.31. The predicted octanol–water partition coefficient (Wildman–Crippen LogP) is 3.69. The summed E-state index contributed by atoms with van der Waals surface area (Å²) >= 11 is 0. The molecule has 3 N–H and O–H groups in total. The van der Waals surface area contributed by atoms with Gasteiger partial charge in [-0.25, -0.2) is 4.98 Å². The lowest BCUT2D eigenvalue weighted by Crippen LogP contribution is -2.48. The lowest BCUT2D eigenvalue weighted by Gasteiger charge is -2.39. The van der Waals surface area contributed by atoms with Crippen LogP contribution >= 0.6 is 0 Å². The molecule has 0 unspecified atom stereocenters. The zero-order valence-electron chi connectivity index (χ0n) is 18.8. The van der Waals surface area contributed by atoms with Gasteiger partial charge in [-0.15, -0.1) is 0 Å². The third-order valence-corrected chi connectivity index (χ3v) is 6.78. The summed E-state index contributed by atoms with van der Waals surface area (Å²) in [4.78, 5) is 11.8. The van der Waals surface area contributed by atoms with Crippen molar-refractivity contribution in [2.24, 2.45) is 11.3 Å². The van der Waals surface area contributed by atoms with E-state index in [0.29, 0.717) is 17.3 Å². The second-order valence-corrected chi connectivity index (χ2v) is 9.67. The Morgan fingerprint density at radius 3 is 2.88 bits per heavy atom. The molecule has 2 saturated heterocycles. The maximum absolute atomic E-state index is 5.77. The SMILES string of the molecule is CC1(CNCC2CCN(c3nc(Nc4ccc5cn[nH]c5c4)nc4ccoc34)CC2)COC1. The molecule has 3 aromatic heterocycles. The first-order chi connectivity index (χ1) is 16.2. The van der Waals surface area contributed by atoms with Crippen LogP contribution in [0, 0.1) is 11.3 Å². The van der Waals surface area contributed by atoms with Crippen molar-refractivity contribution < 1.29 is 9.15 Å². The number of ether oxygens (including phenoxy) is 1. The first-order valence-corrected chi connectivity index (χ1v) is 11.6. The molecular formula is C24H29N7O2. The third kappa shape index (κ3) is 4.14. The molecule has 0 spiro atoms. The Balaban J connectivity index is 1.14. The second kappa shape index (κ2) is 8.31. The van der Waals surface area contributed by atoms with E-state index in [1.165, 1.54) is 0 Å². The molecule has 0 bridgehead atoms. The van der Waals surface area contributed by atoms with Crippen molar-refractivity contribution in [2.75, 3.05) is 49.6 Å². The Kier molecular flexibility index (Phi) is 5.15. The molecule has 5 heterocycles. The van der Waals surface area contributed by atoms with Gasteiger partial charge in [0.25, 0.3) is 0 Å². The molecule has 33 heavy (non-hydrogen) atoms. The molecule has 172 valence electrons. The average molecular weight is 448 g/mol. The van der Waals surface area contributed by atoms with Crippen LogP contribution in [0.4, 0.5) is 17.5 Å². The largest absolute Gasteiger partial charge is 0.459 e. The topological polar surface area (TPSA) is 104 Å². The molecule has 9 heteroatoms. The Hall–Kier alpha value is -3.17. The number of hydrogen-bond acceptors (Lipinski definition) is 8. The minimum absolute atomic E-state index is 0.317. The summed E-state index contributed by atoms with van der Waals surface area (Å²) in [6.07, 6.45) is 5.76. The van der Waals surface area contributed by atoms with Crippen LogP contribution in [-0.2, 0) is 4.74 Å². The summed E-state index contributed by atoms with van der Waals surface area (Å²) < 4.78 is 11.1. The van der Waals surface area contributed by atoms with Crippen molar-refractivity contribution >= 4 is 39.5 Å². The Bertz CT molecular complexity index is 1250. The lowest BCUT2D eigenvalue weighted by molar-refractivity contribution is -0.0992. The summed E-state index contributed by atoms with van der Waals surface area (Å²) in [7, 11) is 0. The number of nitrogens with one attached hydrogen (secondary N) is 3. The number of piperidine rings is 1. The molecule has 1 aromatic carbocycles. The number of aromatic amines is 1. The van der Waals surface area contributed by atoms with Gasteiger partial charge in [0, 0.05) is 42.2 Å². The van der Waals surface area contributed by atoms with Gasteiger partial charge in [-0.3, -0.25) is 5.10 Å². The summed E-state index contributed by atoms with van der Waals surface area (Å²) in [5.41, 5.74) is 3.76. The van der Waals surface area contributed by atoms with Crippen molar-refractivity contribution in [1.82, 2.24) is 25.5 Å². The van der Waals surface area contributed by atoms with E-state index in [4.69, 9.17) is 14.1 Å². The summed E-state index contributed by atoms with van der Waals surface area (Å²) in [6, 6.07) is 7.94. The molecule has 0 saturated carbocycles. The van der Waals surface area contributed by atoms with Gasteiger partial charge in [-0.2, -0.15) is 10.1 Å². The number of hydrogen-bond donors (Lipinski definition) is 3.